The first kappa shape index (κ1) is 15.6. The topological polar surface area (TPSA) is 78.6 Å². The lowest BCUT2D eigenvalue weighted by Gasteiger charge is -2.64. The van der Waals surface area contributed by atoms with Crippen LogP contribution in [0.25, 0.3) is 0 Å². The Labute approximate surface area is 137 Å². The molecule has 0 radical (unpaired) electrons. The summed E-state index contributed by atoms with van der Waals surface area (Å²) in [7, 11) is -4.48. The van der Waals surface area contributed by atoms with E-state index in [1.165, 1.54) is 6.07 Å². The summed E-state index contributed by atoms with van der Waals surface area (Å²) in [6.45, 7) is 6.70. The van der Waals surface area contributed by atoms with E-state index in [0.29, 0.717) is 17.3 Å². The Morgan fingerprint density at radius 1 is 1.22 bits per heavy atom. The maximum atomic E-state index is 11.8. The molecule has 0 amide bonds. The molecule has 4 fully saturated rings. The maximum Gasteiger partial charge on any atom is 0.496 e. The molecule has 23 heavy (non-hydrogen) atoms. The summed E-state index contributed by atoms with van der Waals surface area (Å²) in [5, 5.41) is 5.34. The van der Waals surface area contributed by atoms with E-state index in [9.17, 15) is 8.42 Å². The molecular formula is C16H22BNO4S. The van der Waals surface area contributed by atoms with Crippen LogP contribution >= 0.6 is 0 Å². The van der Waals surface area contributed by atoms with Crippen LogP contribution in [0.5, 0.6) is 0 Å². The largest absolute Gasteiger partial charge is 0.496 e. The van der Waals surface area contributed by atoms with Crippen LogP contribution in [0.1, 0.15) is 33.6 Å². The maximum absolute atomic E-state index is 11.8. The highest BCUT2D eigenvalue weighted by molar-refractivity contribution is 7.89. The van der Waals surface area contributed by atoms with Gasteiger partial charge in [-0.15, -0.1) is 0 Å². The van der Waals surface area contributed by atoms with Crippen molar-refractivity contribution < 1.29 is 17.7 Å². The highest BCUT2D eigenvalue weighted by Gasteiger charge is 2.68. The molecule has 5 nitrogen and oxygen atoms in total. The molecule has 3 aliphatic carbocycles. The standard InChI is InChI=1S/C16H22BNO4S/c1-15(2)10-8-13(15)16(3)14(9-10)21-17(22-16)11-6-4-5-7-12(11)23(18,19)20/h4-7,10,13-14H,8-9H2,1-3H3,(H2,18,19,20)/t10-,13-,14+,16-/m0/s1. The van der Waals surface area contributed by atoms with E-state index >= 15 is 0 Å². The molecule has 4 atom stereocenters. The first-order valence-electron chi connectivity index (χ1n) is 8.09. The minimum Gasteiger partial charge on any atom is -0.401 e. The molecule has 124 valence electrons. The molecule has 4 aliphatic rings. The lowest BCUT2D eigenvalue weighted by atomic mass is 9.43. The van der Waals surface area contributed by atoms with Crippen molar-refractivity contribution in [3.8, 4) is 0 Å². The average Bonchev–Trinajstić information content (AvgIpc) is 2.83. The van der Waals surface area contributed by atoms with Gasteiger partial charge in [-0.05, 0) is 43.1 Å². The summed E-state index contributed by atoms with van der Waals surface area (Å²) in [5.74, 6) is 1.09. The smallest absolute Gasteiger partial charge is 0.401 e. The minimum atomic E-state index is -3.81. The monoisotopic (exact) mass is 335 g/mol. The summed E-state index contributed by atoms with van der Waals surface area (Å²) in [6, 6.07) is 6.67. The minimum absolute atomic E-state index is 0.0119. The van der Waals surface area contributed by atoms with Crippen LogP contribution in [0, 0.1) is 17.3 Å². The van der Waals surface area contributed by atoms with E-state index in [4.69, 9.17) is 14.4 Å². The van der Waals surface area contributed by atoms with Gasteiger partial charge in [-0.2, -0.15) is 0 Å². The third-order valence-corrected chi connectivity index (χ3v) is 7.41. The van der Waals surface area contributed by atoms with E-state index in [1.54, 1.807) is 18.2 Å². The second kappa shape index (κ2) is 4.60. The molecule has 1 aromatic carbocycles. The Hall–Kier alpha value is -0.885. The van der Waals surface area contributed by atoms with Gasteiger partial charge in [0.2, 0.25) is 10.0 Å². The van der Waals surface area contributed by atoms with Gasteiger partial charge in [0.25, 0.3) is 0 Å². The van der Waals surface area contributed by atoms with Crippen LogP contribution in [0.2, 0.25) is 0 Å². The predicted molar refractivity (Wildman–Crippen MR) is 87.6 cm³/mol. The van der Waals surface area contributed by atoms with Gasteiger partial charge in [0.1, 0.15) is 0 Å². The predicted octanol–water partition coefficient (Wildman–Crippen LogP) is 1.27. The van der Waals surface area contributed by atoms with Crippen LogP contribution in [-0.4, -0.2) is 27.2 Å². The lowest BCUT2D eigenvalue weighted by molar-refractivity contribution is -0.199. The van der Waals surface area contributed by atoms with Gasteiger partial charge in [0.15, 0.2) is 0 Å². The fraction of sp³-hybridized carbons (Fsp3) is 0.625. The summed E-state index contributed by atoms with van der Waals surface area (Å²) < 4.78 is 36.2. The molecular weight excluding hydrogens is 313 g/mol. The first-order valence-corrected chi connectivity index (χ1v) is 9.63. The summed E-state index contributed by atoms with van der Waals surface area (Å²) in [5.41, 5.74) is 0.387. The van der Waals surface area contributed by atoms with Gasteiger partial charge in [-0.25, -0.2) is 13.6 Å². The highest BCUT2D eigenvalue weighted by Crippen LogP contribution is 2.65. The molecule has 0 spiro atoms. The van der Waals surface area contributed by atoms with Crippen molar-refractivity contribution in [2.75, 3.05) is 0 Å². The number of nitrogens with two attached hydrogens (primary N) is 1. The Morgan fingerprint density at radius 3 is 2.57 bits per heavy atom. The first-order chi connectivity index (χ1) is 10.6. The fourth-order valence-electron chi connectivity index (χ4n) is 4.93. The number of sulfonamides is 1. The number of primary sulfonamides is 1. The summed E-state index contributed by atoms with van der Waals surface area (Å²) in [6.07, 6.45) is 2.14. The van der Waals surface area contributed by atoms with Crippen LogP contribution in [0.15, 0.2) is 29.2 Å². The SMILES string of the molecule is CC1(C)[C@@H]2C[C@H]3OB(c4ccccc4S(N)(=O)=O)O[C@@]3(C)[C@H]1C2. The third kappa shape index (κ3) is 2.07. The van der Waals surface area contributed by atoms with Crippen molar-refractivity contribution in [2.45, 2.75) is 50.2 Å². The molecule has 1 aliphatic heterocycles. The zero-order valence-corrected chi connectivity index (χ0v) is 14.5. The van der Waals surface area contributed by atoms with Gasteiger partial charge in [0, 0.05) is 5.46 Å². The molecule has 1 saturated heterocycles. The van der Waals surface area contributed by atoms with Crippen LogP contribution in [0.4, 0.5) is 0 Å². The van der Waals surface area contributed by atoms with Crippen molar-refractivity contribution in [1.29, 1.82) is 0 Å². The Kier molecular flexibility index (Phi) is 3.12. The lowest BCUT2D eigenvalue weighted by Crippen LogP contribution is -2.65. The second-order valence-electron chi connectivity index (χ2n) is 7.88. The van der Waals surface area contributed by atoms with E-state index < -0.39 is 17.1 Å². The zero-order valence-electron chi connectivity index (χ0n) is 13.7. The van der Waals surface area contributed by atoms with E-state index in [0.717, 1.165) is 12.8 Å². The fourth-order valence-corrected chi connectivity index (χ4v) is 5.69. The van der Waals surface area contributed by atoms with Gasteiger partial charge in [-0.3, -0.25) is 0 Å². The van der Waals surface area contributed by atoms with Crippen LogP contribution in [0.3, 0.4) is 0 Å². The van der Waals surface area contributed by atoms with Crippen molar-refractivity contribution in [3.63, 3.8) is 0 Å². The second-order valence-corrected chi connectivity index (χ2v) is 9.41. The van der Waals surface area contributed by atoms with Crippen molar-refractivity contribution in [2.24, 2.45) is 22.4 Å². The number of rotatable bonds is 2. The molecule has 0 unspecified atom stereocenters. The van der Waals surface area contributed by atoms with E-state index in [-0.39, 0.29) is 22.0 Å². The van der Waals surface area contributed by atoms with E-state index in [1.807, 2.05) is 0 Å². The highest BCUT2D eigenvalue weighted by atomic mass is 32.2. The van der Waals surface area contributed by atoms with Gasteiger partial charge >= 0.3 is 7.12 Å². The van der Waals surface area contributed by atoms with E-state index in [2.05, 4.69) is 20.8 Å². The van der Waals surface area contributed by atoms with Crippen molar-refractivity contribution >= 4 is 22.6 Å². The van der Waals surface area contributed by atoms with Crippen molar-refractivity contribution in [3.05, 3.63) is 24.3 Å². The molecule has 1 heterocycles. The van der Waals surface area contributed by atoms with Crippen LogP contribution in [-0.2, 0) is 19.3 Å². The molecule has 2 N–H and O–H groups in total. The Morgan fingerprint density at radius 2 is 1.91 bits per heavy atom. The molecule has 3 saturated carbocycles. The molecule has 7 heteroatoms. The average molecular weight is 335 g/mol. The van der Waals surface area contributed by atoms with Gasteiger partial charge < -0.3 is 9.31 Å². The summed E-state index contributed by atoms with van der Waals surface area (Å²) >= 11 is 0. The van der Waals surface area contributed by atoms with Crippen LogP contribution < -0.4 is 10.6 Å². The molecule has 5 rings (SSSR count). The number of hydrogen-bond acceptors (Lipinski definition) is 4. The Bertz CT molecular complexity index is 765. The molecule has 0 aromatic heterocycles. The van der Waals surface area contributed by atoms with Crippen molar-refractivity contribution in [1.82, 2.24) is 0 Å². The normalized spacial score (nSPS) is 38.1. The third-order valence-electron chi connectivity index (χ3n) is 6.43. The van der Waals surface area contributed by atoms with Gasteiger partial charge in [0.05, 0.1) is 16.6 Å². The zero-order chi connectivity index (χ0) is 16.6. The Balaban J connectivity index is 1.71. The quantitative estimate of drug-likeness (QED) is 0.826. The van der Waals surface area contributed by atoms with Gasteiger partial charge in [-0.1, -0.05) is 32.0 Å². The summed E-state index contributed by atoms with van der Waals surface area (Å²) in [4.78, 5) is 0.0823. The molecule has 1 aromatic rings. The molecule has 2 bridgehead atoms. The number of benzene rings is 1. The number of hydrogen-bond donors (Lipinski definition) is 1.